The highest BCUT2D eigenvalue weighted by molar-refractivity contribution is 7.19. The van der Waals surface area contributed by atoms with Crippen LogP contribution in [0.2, 0.25) is 4.34 Å². The summed E-state index contributed by atoms with van der Waals surface area (Å²) in [5.41, 5.74) is 7.15. The van der Waals surface area contributed by atoms with E-state index in [4.69, 9.17) is 17.3 Å². The van der Waals surface area contributed by atoms with E-state index < -0.39 is 0 Å². The molecule has 0 aliphatic carbocycles. The summed E-state index contributed by atoms with van der Waals surface area (Å²) in [5, 5.41) is 0. The lowest BCUT2D eigenvalue weighted by Gasteiger charge is -2.00. The first-order chi connectivity index (χ1) is 7.65. The summed E-state index contributed by atoms with van der Waals surface area (Å²) < 4.78 is 0.774. The molecule has 4 heteroatoms. The van der Waals surface area contributed by atoms with Crippen molar-refractivity contribution < 1.29 is 4.79 Å². The van der Waals surface area contributed by atoms with Crippen LogP contribution in [0.25, 0.3) is 10.4 Å². The van der Waals surface area contributed by atoms with Crippen molar-refractivity contribution in [1.82, 2.24) is 0 Å². The topological polar surface area (TPSA) is 43.1 Å². The summed E-state index contributed by atoms with van der Waals surface area (Å²) in [6.07, 6.45) is 0.283. The summed E-state index contributed by atoms with van der Waals surface area (Å²) in [6.45, 7) is 0. The van der Waals surface area contributed by atoms with E-state index in [1.54, 1.807) is 0 Å². The van der Waals surface area contributed by atoms with Crippen LogP contribution in [0, 0.1) is 0 Å². The standard InChI is InChI=1S/C12H10ClNOS/c13-11-6-5-10(16-11)9-3-1-8(2-4-9)7-12(14)15/h1-6H,7H2,(H2,14,15). The fourth-order valence-electron chi connectivity index (χ4n) is 1.46. The number of halogens is 1. The highest BCUT2D eigenvalue weighted by Gasteiger charge is 2.02. The van der Waals surface area contributed by atoms with Crippen LogP contribution >= 0.6 is 22.9 Å². The van der Waals surface area contributed by atoms with Crippen LogP contribution in [0.3, 0.4) is 0 Å². The van der Waals surface area contributed by atoms with Crippen molar-refractivity contribution in [3.8, 4) is 10.4 Å². The lowest BCUT2D eigenvalue weighted by Crippen LogP contribution is -2.13. The SMILES string of the molecule is NC(=O)Cc1ccc(-c2ccc(Cl)s2)cc1. The van der Waals surface area contributed by atoms with Gasteiger partial charge in [0.2, 0.25) is 5.91 Å². The van der Waals surface area contributed by atoms with Crippen LogP contribution in [-0.2, 0) is 11.2 Å². The van der Waals surface area contributed by atoms with Crippen LogP contribution in [0.5, 0.6) is 0 Å². The molecule has 1 aromatic carbocycles. The van der Waals surface area contributed by atoms with Gasteiger partial charge in [0.25, 0.3) is 0 Å². The third-order valence-electron chi connectivity index (χ3n) is 2.19. The summed E-state index contributed by atoms with van der Waals surface area (Å²) in [5.74, 6) is -0.313. The first-order valence-electron chi connectivity index (χ1n) is 4.78. The van der Waals surface area contributed by atoms with Gasteiger partial charge in [-0.1, -0.05) is 35.9 Å². The fourth-order valence-corrected chi connectivity index (χ4v) is 2.51. The van der Waals surface area contributed by atoms with E-state index >= 15 is 0 Å². The summed E-state index contributed by atoms with van der Waals surface area (Å²) in [4.78, 5) is 11.9. The molecule has 2 aromatic rings. The molecule has 16 heavy (non-hydrogen) atoms. The lowest BCUT2D eigenvalue weighted by atomic mass is 10.1. The Morgan fingerprint density at radius 1 is 1.19 bits per heavy atom. The minimum Gasteiger partial charge on any atom is -0.369 e. The first kappa shape index (κ1) is 11.2. The molecule has 2 N–H and O–H groups in total. The Kier molecular flexibility index (Phi) is 3.27. The molecule has 0 radical (unpaired) electrons. The number of thiophene rings is 1. The van der Waals surface area contributed by atoms with Gasteiger partial charge in [-0.3, -0.25) is 4.79 Å². The number of hydrogen-bond acceptors (Lipinski definition) is 2. The Balaban J connectivity index is 2.22. The van der Waals surface area contributed by atoms with Crippen molar-refractivity contribution in [3.63, 3.8) is 0 Å². The zero-order valence-corrected chi connectivity index (χ0v) is 10.0. The minimum atomic E-state index is -0.313. The summed E-state index contributed by atoms with van der Waals surface area (Å²) in [7, 11) is 0. The number of nitrogens with two attached hydrogens (primary N) is 1. The molecule has 0 unspecified atom stereocenters. The second-order valence-electron chi connectivity index (χ2n) is 3.44. The van der Waals surface area contributed by atoms with Gasteiger partial charge in [0.15, 0.2) is 0 Å². The summed E-state index contributed by atoms with van der Waals surface area (Å²) in [6, 6.07) is 11.6. The van der Waals surface area contributed by atoms with Gasteiger partial charge in [-0.15, -0.1) is 11.3 Å². The zero-order valence-electron chi connectivity index (χ0n) is 8.44. The fraction of sp³-hybridized carbons (Fsp3) is 0.0833. The average molecular weight is 252 g/mol. The number of primary amides is 1. The van der Waals surface area contributed by atoms with Crippen molar-refractivity contribution in [2.45, 2.75) is 6.42 Å². The van der Waals surface area contributed by atoms with E-state index in [1.165, 1.54) is 11.3 Å². The van der Waals surface area contributed by atoms with E-state index in [2.05, 4.69) is 0 Å². The molecule has 0 atom stereocenters. The Morgan fingerprint density at radius 3 is 2.38 bits per heavy atom. The average Bonchev–Trinajstić information content (AvgIpc) is 2.65. The van der Waals surface area contributed by atoms with Crippen molar-refractivity contribution in [3.05, 3.63) is 46.3 Å². The van der Waals surface area contributed by atoms with Gasteiger partial charge in [0, 0.05) is 4.88 Å². The first-order valence-corrected chi connectivity index (χ1v) is 5.97. The molecule has 82 valence electrons. The second-order valence-corrected chi connectivity index (χ2v) is 5.16. The van der Waals surface area contributed by atoms with Gasteiger partial charge in [-0.05, 0) is 23.3 Å². The van der Waals surface area contributed by atoms with Gasteiger partial charge in [-0.25, -0.2) is 0 Å². The monoisotopic (exact) mass is 251 g/mol. The minimum absolute atomic E-state index is 0.283. The molecule has 1 aromatic heterocycles. The normalized spacial score (nSPS) is 10.3. The highest BCUT2D eigenvalue weighted by Crippen LogP contribution is 2.30. The van der Waals surface area contributed by atoms with Gasteiger partial charge < -0.3 is 5.73 Å². The Morgan fingerprint density at radius 2 is 1.88 bits per heavy atom. The number of rotatable bonds is 3. The van der Waals surface area contributed by atoms with Crippen LogP contribution in [-0.4, -0.2) is 5.91 Å². The number of carbonyl (C=O) groups excluding carboxylic acids is 1. The maximum Gasteiger partial charge on any atom is 0.221 e. The summed E-state index contributed by atoms with van der Waals surface area (Å²) >= 11 is 7.40. The maximum atomic E-state index is 10.7. The molecule has 0 saturated heterocycles. The predicted molar refractivity (Wildman–Crippen MR) is 67.7 cm³/mol. The molecular formula is C12H10ClNOS. The maximum absolute atomic E-state index is 10.7. The number of benzene rings is 1. The quantitative estimate of drug-likeness (QED) is 0.895. The Hall–Kier alpha value is -1.32. The Labute approximate surface area is 103 Å². The van der Waals surface area contributed by atoms with Gasteiger partial charge in [-0.2, -0.15) is 0 Å². The third kappa shape index (κ3) is 2.62. The van der Waals surface area contributed by atoms with Gasteiger partial charge in [0.05, 0.1) is 10.8 Å². The van der Waals surface area contributed by atoms with E-state index in [9.17, 15) is 4.79 Å². The van der Waals surface area contributed by atoms with Crippen LogP contribution in [0.4, 0.5) is 0 Å². The molecule has 1 amide bonds. The molecule has 0 saturated carbocycles. The van der Waals surface area contributed by atoms with E-state index in [0.717, 1.165) is 20.3 Å². The van der Waals surface area contributed by atoms with E-state index in [-0.39, 0.29) is 12.3 Å². The Bertz CT molecular complexity index is 504. The molecular weight excluding hydrogens is 242 g/mol. The van der Waals surface area contributed by atoms with Crippen LogP contribution in [0.15, 0.2) is 36.4 Å². The molecule has 1 heterocycles. The number of carbonyl (C=O) groups is 1. The van der Waals surface area contributed by atoms with Crippen molar-refractivity contribution >= 4 is 28.8 Å². The smallest absolute Gasteiger partial charge is 0.221 e. The number of amides is 1. The van der Waals surface area contributed by atoms with Crippen LogP contribution < -0.4 is 5.73 Å². The van der Waals surface area contributed by atoms with Crippen molar-refractivity contribution in [2.75, 3.05) is 0 Å². The molecule has 0 spiro atoms. The number of hydrogen-bond donors (Lipinski definition) is 1. The third-order valence-corrected chi connectivity index (χ3v) is 3.47. The van der Waals surface area contributed by atoms with Crippen molar-refractivity contribution in [2.24, 2.45) is 5.73 Å². The van der Waals surface area contributed by atoms with Crippen LogP contribution in [0.1, 0.15) is 5.56 Å². The molecule has 0 fully saturated rings. The van der Waals surface area contributed by atoms with E-state index in [1.807, 2.05) is 36.4 Å². The van der Waals surface area contributed by atoms with Gasteiger partial charge >= 0.3 is 0 Å². The zero-order chi connectivity index (χ0) is 11.5. The molecule has 0 aliphatic rings. The highest BCUT2D eigenvalue weighted by atomic mass is 35.5. The largest absolute Gasteiger partial charge is 0.369 e. The van der Waals surface area contributed by atoms with Crippen molar-refractivity contribution in [1.29, 1.82) is 0 Å². The second kappa shape index (κ2) is 4.68. The molecule has 0 aliphatic heterocycles. The molecule has 2 nitrogen and oxygen atoms in total. The lowest BCUT2D eigenvalue weighted by molar-refractivity contribution is -0.117. The molecule has 0 bridgehead atoms. The molecule has 2 rings (SSSR count). The van der Waals surface area contributed by atoms with Gasteiger partial charge in [0.1, 0.15) is 0 Å². The predicted octanol–water partition coefficient (Wildman–Crippen LogP) is 3.10. The van der Waals surface area contributed by atoms with E-state index in [0.29, 0.717) is 0 Å².